The van der Waals surface area contributed by atoms with Crippen LogP contribution in [0.15, 0.2) is 18.3 Å². The average molecular weight is 266 g/mol. The van der Waals surface area contributed by atoms with Crippen molar-refractivity contribution < 1.29 is 14.3 Å². The molecule has 0 saturated heterocycles. The van der Waals surface area contributed by atoms with E-state index in [0.29, 0.717) is 31.2 Å². The SMILES string of the molecule is O=C(O)N1CC=C(c2nccc(NCCF)n2)CC1. The summed E-state index contributed by atoms with van der Waals surface area (Å²) in [5, 5.41) is 11.7. The average Bonchev–Trinajstić information content (AvgIpc) is 2.45. The fourth-order valence-corrected chi connectivity index (χ4v) is 1.83. The number of carboxylic acid groups (broad SMARTS) is 1. The maximum Gasteiger partial charge on any atom is 0.407 e. The third kappa shape index (κ3) is 3.40. The Morgan fingerprint density at radius 1 is 1.58 bits per heavy atom. The summed E-state index contributed by atoms with van der Waals surface area (Å²) in [5.41, 5.74) is 0.918. The van der Waals surface area contributed by atoms with Crippen molar-refractivity contribution in [2.75, 3.05) is 31.6 Å². The molecular weight excluding hydrogens is 251 g/mol. The van der Waals surface area contributed by atoms with Gasteiger partial charge >= 0.3 is 6.09 Å². The fraction of sp³-hybridized carbons (Fsp3) is 0.417. The predicted molar refractivity (Wildman–Crippen MR) is 68.7 cm³/mol. The van der Waals surface area contributed by atoms with Crippen LogP contribution in [0.5, 0.6) is 0 Å². The summed E-state index contributed by atoms with van der Waals surface area (Å²) in [6.07, 6.45) is 3.08. The second kappa shape index (κ2) is 6.12. The zero-order valence-electron chi connectivity index (χ0n) is 10.3. The Hall–Kier alpha value is -2.18. The van der Waals surface area contributed by atoms with Crippen LogP contribution in [0.2, 0.25) is 0 Å². The molecule has 0 spiro atoms. The van der Waals surface area contributed by atoms with Gasteiger partial charge in [0.05, 0.1) is 0 Å². The molecule has 0 saturated carbocycles. The highest BCUT2D eigenvalue weighted by Gasteiger charge is 2.18. The second-order valence-corrected chi connectivity index (χ2v) is 4.09. The third-order valence-corrected chi connectivity index (χ3v) is 2.82. The van der Waals surface area contributed by atoms with Crippen molar-refractivity contribution in [3.05, 3.63) is 24.2 Å². The number of hydrogen-bond donors (Lipinski definition) is 2. The summed E-state index contributed by atoms with van der Waals surface area (Å²) in [5.74, 6) is 1.14. The molecule has 2 N–H and O–H groups in total. The summed E-state index contributed by atoms with van der Waals surface area (Å²) in [7, 11) is 0. The van der Waals surface area contributed by atoms with Crippen molar-refractivity contribution in [3.8, 4) is 0 Å². The predicted octanol–water partition coefficient (Wildman–Crippen LogP) is 1.63. The molecule has 1 aliphatic heterocycles. The number of nitrogens with zero attached hydrogens (tertiary/aromatic N) is 3. The largest absolute Gasteiger partial charge is 0.465 e. The summed E-state index contributed by atoms with van der Waals surface area (Å²) < 4.78 is 12.1. The number of anilines is 1. The van der Waals surface area contributed by atoms with Gasteiger partial charge in [-0.15, -0.1) is 0 Å². The number of alkyl halides is 1. The smallest absolute Gasteiger partial charge is 0.407 e. The molecular formula is C12H15FN4O2. The maximum absolute atomic E-state index is 12.1. The van der Waals surface area contributed by atoms with Crippen molar-refractivity contribution in [2.24, 2.45) is 0 Å². The van der Waals surface area contributed by atoms with Crippen molar-refractivity contribution in [2.45, 2.75) is 6.42 Å². The first-order valence-corrected chi connectivity index (χ1v) is 6.01. The molecule has 0 atom stereocenters. The minimum atomic E-state index is -0.922. The van der Waals surface area contributed by atoms with Gasteiger partial charge in [0.1, 0.15) is 12.5 Å². The number of nitrogens with one attached hydrogen (secondary N) is 1. The van der Waals surface area contributed by atoms with Crippen LogP contribution >= 0.6 is 0 Å². The van der Waals surface area contributed by atoms with Gasteiger partial charge < -0.3 is 15.3 Å². The first kappa shape index (κ1) is 13.3. The molecule has 7 heteroatoms. The van der Waals surface area contributed by atoms with Gasteiger partial charge in [0.15, 0.2) is 5.82 Å². The van der Waals surface area contributed by atoms with E-state index in [9.17, 15) is 9.18 Å². The Balaban J connectivity index is 2.08. The van der Waals surface area contributed by atoms with Crippen LogP contribution in [-0.2, 0) is 0 Å². The van der Waals surface area contributed by atoms with Crippen LogP contribution in [0.4, 0.5) is 15.0 Å². The number of rotatable bonds is 4. The van der Waals surface area contributed by atoms with Gasteiger partial charge in [0.25, 0.3) is 0 Å². The monoisotopic (exact) mass is 266 g/mol. The molecule has 1 amide bonds. The van der Waals surface area contributed by atoms with E-state index in [-0.39, 0.29) is 6.54 Å². The molecule has 1 aromatic rings. The lowest BCUT2D eigenvalue weighted by atomic mass is 10.1. The van der Waals surface area contributed by atoms with Gasteiger partial charge in [-0.25, -0.2) is 19.2 Å². The van der Waals surface area contributed by atoms with E-state index in [0.717, 1.165) is 5.57 Å². The standard InChI is InChI=1S/C12H15FN4O2/c13-4-6-14-10-1-5-15-11(16-10)9-2-7-17(8-3-9)12(18)19/h1-2,5H,3-4,6-8H2,(H,18,19)(H,14,15,16). The van der Waals surface area contributed by atoms with E-state index in [1.165, 1.54) is 4.90 Å². The molecule has 0 aromatic carbocycles. The van der Waals surface area contributed by atoms with Crippen LogP contribution in [-0.4, -0.2) is 52.4 Å². The lowest BCUT2D eigenvalue weighted by molar-refractivity contribution is 0.150. The van der Waals surface area contributed by atoms with Crippen molar-refractivity contribution in [1.29, 1.82) is 0 Å². The molecule has 0 unspecified atom stereocenters. The topological polar surface area (TPSA) is 78.3 Å². The summed E-state index contributed by atoms with van der Waals surface area (Å²) in [4.78, 5) is 20.6. The van der Waals surface area contributed by atoms with Crippen molar-refractivity contribution in [1.82, 2.24) is 14.9 Å². The molecule has 0 bridgehead atoms. The third-order valence-electron chi connectivity index (χ3n) is 2.82. The minimum Gasteiger partial charge on any atom is -0.465 e. The Labute approximate surface area is 110 Å². The van der Waals surface area contributed by atoms with E-state index >= 15 is 0 Å². The number of carbonyl (C=O) groups is 1. The Kier molecular flexibility index (Phi) is 4.27. The van der Waals surface area contributed by atoms with E-state index in [2.05, 4.69) is 15.3 Å². The molecule has 6 nitrogen and oxygen atoms in total. The normalized spacial score (nSPS) is 15.0. The molecule has 19 heavy (non-hydrogen) atoms. The molecule has 0 radical (unpaired) electrons. The lowest BCUT2D eigenvalue weighted by Gasteiger charge is -2.23. The Bertz CT molecular complexity index is 492. The van der Waals surface area contributed by atoms with Gasteiger partial charge in [-0.3, -0.25) is 0 Å². The van der Waals surface area contributed by atoms with Gasteiger partial charge in [-0.05, 0) is 18.1 Å². The van der Waals surface area contributed by atoms with Crippen LogP contribution < -0.4 is 5.32 Å². The molecule has 2 rings (SSSR count). The summed E-state index contributed by atoms with van der Waals surface area (Å²) >= 11 is 0. The van der Waals surface area contributed by atoms with E-state index in [1.807, 2.05) is 6.08 Å². The number of hydrogen-bond acceptors (Lipinski definition) is 4. The van der Waals surface area contributed by atoms with Crippen LogP contribution in [0.1, 0.15) is 12.2 Å². The lowest BCUT2D eigenvalue weighted by Crippen LogP contribution is -2.33. The summed E-state index contributed by atoms with van der Waals surface area (Å²) in [6, 6.07) is 1.67. The summed E-state index contributed by atoms with van der Waals surface area (Å²) in [6.45, 7) is 0.528. The van der Waals surface area contributed by atoms with Crippen LogP contribution in [0.25, 0.3) is 5.57 Å². The number of halogens is 1. The fourth-order valence-electron chi connectivity index (χ4n) is 1.83. The molecule has 102 valence electrons. The number of amides is 1. The molecule has 2 heterocycles. The van der Waals surface area contributed by atoms with Gasteiger partial charge in [-0.1, -0.05) is 6.08 Å². The van der Waals surface area contributed by atoms with Crippen LogP contribution in [0.3, 0.4) is 0 Å². The Morgan fingerprint density at radius 3 is 3.05 bits per heavy atom. The first-order valence-electron chi connectivity index (χ1n) is 6.01. The van der Waals surface area contributed by atoms with Crippen molar-refractivity contribution in [3.63, 3.8) is 0 Å². The zero-order chi connectivity index (χ0) is 13.7. The highest BCUT2D eigenvalue weighted by atomic mass is 19.1. The van der Waals surface area contributed by atoms with E-state index < -0.39 is 12.8 Å². The maximum atomic E-state index is 12.1. The molecule has 0 aliphatic carbocycles. The van der Waals surface area contributed by atoms with E-state index in [1.54, 1.807) is 12.3 Å². The molecule has 0 fully saturated rings. The van der Waals surface area contributed by atoms with Gasteiger partial charge in [-0.2, -0.15) is 0 Å². The first-order chi connectivity index (χ1) is 9.20. The van der Waals surface area contributed by atoms with Gasteiger partial charge in [0, 0.05) is 25.8 Å². The quantitative estimate of drug-likeness (QED) is 0.866. The highest BCUT2D eigenvalue weighted by Crippen LogP contribution is 2.20. The zero-order valence-corrected chi connectivity index (χ0v) is 10.3. The highest BCUT2D eigenvalue weighted by molar-refractivity contribution is 5.69. The number of aromatic nitrogens is 2. The van der Waals surface area contributed by atoms with Crippen LogP contribution in [0, 0.1) is 0 Å². The Morgan fingerprint density at radius 2 is 2.42 bits per heavy atom. The molecule has 1 aliphatic rings. The van der Waals surface area contributed by atoms with E-state index in [4.69, 9.17) is 5.11 Å². The second-order valence-electron chi connectivity index (χ2n) is 4.09. The minimum absolute atomic E-state index is 0.211. The molecule has 1 aromatic heterocycles. The van der Waals surface area contributed by atoms with Crippen molar-refractivity contribution >= 4 is 17.5 Å². The van der Waals surface area contributed by atoms with Gasteiger partial charge in [0.2, 0.25) is 0 Å².